The number of carbonyl (C=O) groups is 1. The van der Waals surface area contributed by atoms with Crippen LogP contribution in [0, 0.1) is 10.1 Å². The Morgan fingerprint density at radius 3 is 2.73 bits per heavy atom. The van der Waals surface area contributed by atoms with Crippen molar-refractivity contribution in [1.29, 1.82) is 0 Å². The molecule has 4 rings (SSSR count). The highest BCUT2D eigenvalue weighted by molar-refractivity contribution is 7.80. The molecule has 160 valence electrons. The molecule has 8 nitrogen and oxygen atoms in total. The third kappa shape index (κ3) is 4.36. The van der Waals surface area contributed by atoms with Crippen molar-refractivity contribution in [3.05, 3.63) is 38.2 Å². The number of fused-ring (bicyclic) bond motifs is 1. The van der Waals surface area contributed by atoms with Crippen molar-refractivity contribution in [3.8, 4) is 0 Å². The molecule has 0 saturated carbocycles. The van der Waals surface area contributed by atoms with Gasteiger partial charge in [-0.05, 0) is 31.1 Å². The van der Waals surface area contributed by atoms with E-state index in [2.05, 4.69) is 10.2 Å². The van der Waals surface area contributed by atoms with Crippen molar-refractivity contribution in [2.45, 2.75) is 18.9 Å². The van der Waals surface area contributed by atoms with Crippen LogP contribution in [-0.2, 0) is 4.74 Å². The van der Waals surface area contributed by atoms with E-state index in [-0.39, 0.29) is 17.7 Å². The van der Waals surface area contributed by atoms with Crippen LogP contribution < -0.4 is 5.32 Å². The van der Waals surface area contributed by atoms with Crippen LogP contribution in [0.1, 0.15) is 22.5 Å². The van der Waals surface area contributed by atoms with E-state index in [0.29, 0.717) is 57.8 Å². The highest BCUT2D eigenvalue weighted by Gasteiger charge is 2.27. The number of hydrogen-bond acceptors (Lipinski definition) is 6. The second kappa shape index (κ2) is 9.01. The maximum Gasteiger partial charge on any atom is 0.270 e. The number of carbonyl (C=O) groups excluding carboxylic acids is 1. The van der Waals surface area contributed by atoms with E-state index in [1.165, 1.54) is 23.5 Å². The standard InChI is InChI=1S/C19H21ClN4O4S2/c20-16-14-4-3-12(24(26)27)10-15(14)30-17(16)18(25)22-5-7-23(8-6-22)19(29)21-11-13-2-1-9-28-13/h3-4,10,13H,1-2,5-9,11H2,(H,21,29). The average molecular weight is 469 g/mol. The van der Waals surface area contributed by atoms with Gasteiger partial charge in [-0.15, -0.1) is 11.3 Å². The molecule has 2 saturated heterocycles. The fourth-order valence-electron chi connectivity index (χ4n) is 3.68. The molecule has 0 bridgehead atoms. The summed E-state index contributed by atoms with van der Waals surface area (Å²) >= 11 is 13.1. The molecule has 0 spiro atoms. The van der Waals surface area contributed by atoms with E-state index in [9.17, 15) is 14.9 Å². The first kappa shape index (κ1) is 21.2. The number of ether oxygens (including phenoxy) is 1. The maximum absolute atomic E-state index is 13.0. The summed E-state index contributed by atoms with van der Waals surface area (Å²) < 4.78 is 6.24. The summed E-state index contributed by atoms with van der Waals surface area (Å²) in [4.78, 5) is 27.8. The van der Waals surface area contributed by atoms with E-state index in [4.69, 9.17) is 28.6 Å². The predicted molar refractivity (Wildman–Crippen MR) is 121 cm³/mol. The second-order valence-corrected chi connectivity index (χ2v) is 9.10. The van der Waals surface area contributed by atoms with E-state index < -0.39 is 4.92 Å². The topological polar surface area (TPSA) is 88.0 Å². The van der Waals surface area contributed by atoms with Gasteiger partial charge in [0, 0.05) is 61.5 Å². The van der Waals surface area contributed by atoms with Crippen LogP contribution in [0.3, 0.4) is 0 Å². The largest absolute Gasteiger partial charge is 0.376 e. The monoisotopic (exact) mass is 468 g/mol. The van der Waals surface area contributed by atoms with Crippen molar-refractivity contribution in [1.82, 2.24) is 15.1 Å². The SMILES string of the molecule is O=C(c1sc2cc([N+](=O)[O-])ccc2c1Cl)N1CCN(C(=S)NCC2CCCO2)CC1. The Kier molecular flexibility index (Phi) is 6.37. The molecule has 3 heterocycles. The quantitative estimate of drug-likeness (QED) is 0.418. The van der Waals surface area contributed by atoms with Gasteiger partial charge in [0.05, 0.1) is 16.0 Å². The zero-order valence-electron chi connectivity index (χ0n) is 16.1. The maximum atomic E-state index is 13.0. The number of rotatable bonds is 4. The zero-order chi connectivity index (χ0) is 21.3. The third-order valence-electron chi connectivity index (χ3n) is 5.38. The number of nitrogens with one attached hydrogen (secondary N) is 1. The van der Waals surface area contributed by atoms with Crippen LogP contribution in [0.25, 0.3) is 10.1 Å². The van der Waals surface area contributed by atoms with Crippen LogP contribution in [0.15, 0.2) is 18.2 Å². The normalized spacial score (nSPS) is 19.3. The van der Waals surface area contributed by atoms with E-state index in [1.54, 1.807) is 11.0 Å². The first-order valence-corrected chi connectivity index (χ1v) is 11.3. The predicted octanol–water partition coefficient (Wildman–Crippen LogP) is 3.27. The number of piperazine rings is 1. The number of benzene rings is 1. The van der Waals surface area contributed by atoms with Crippen LogP contribution in [0.4, 0.5) is 5.69 Å². The van der Waals surface area contributed by atoms with Gasteiger partial charge in [-0.2, -0.15) is 0 Å². The molecular formula is C19H21ClN4O4S2. The molecule has 0 aliphatic carbocycles. The van der Waals surface area contributed by atoms with Gasteiger partial charge in [0.25, 0.3) is 11.6 Å². The molecular weight excluding hydrogens is 448 g/mol. The molecule has 1 amide bonds. The second-order valence-electron chi connectivity index (χ2n) is 7.28. The fraction of sp³-hybridized carbons (Fsp3) is 0.474. The van der Waals surface area contributed by atoms with E-state index >= 15 is 0 Å². The molecule has 2 aliphatic rings. The number of thiocarbonyl (C=S) groups is 1. The molecule has 0 radical (unpaired) electrons. The van der Waals surface area contributed by atoms with Crippen molar-refractivity contribution >= 4 is 61.9 Å². The summed E-state index contributed by atoms with van der Waals surface area (Å²) in [6.45, 7) is 3.86. The van der Waals surface area contributed by atoms with Crippen molar-refractivity contribution in [2.75, 3.05) is 39.3 Å². The summed E-state index contributed by atoms with van der Waals surface area (Å²) in [5.74, 6) is -0.151. The smallest absolute Gasteiger partial charge is 0.270 e. The van der Waals surface area contributed by atoms with Crippen LogP contribution in [0.5, 0.6) is 0 Å². The lowest BCUT2D eigenvalue weighted by molar-refractivity contribution is -0.384. The minimum atomic E-state index is -0.455. The molecule has 2 fully saturated rings. The third-order valence-corrected chi connectivity index (χ3v) is 7.42. The highest BCUT2D eigenvalue weighted by Crippen LogP contribution is 2.38. The first-order chi connectivity index (χ1) is 14.4. The fourth-order valence-corrected chi connectivity index (χ4v) is 5.46. The molecule has 2 aromatic rings. The first-order valence-electron chi connectivity index (χ1n) is 9.74. The Bertz CT molecular complexity index is 984. The number of halogens is 1. The Morgan fingerprint density at radius 2 is 2.07 bits per heavy atom. The molecule has 11 heteroatoms. The number of non-ortho nitro benzene ring substituents is 1. The number of nitro benzene ring substituents is 1. The Labute approximate surface area is 187 Å². The number of nitrogens with zero attached hydrogens (tertiary/aromatic N) is 3. The lowest BCUT2D eigenvalue weighted by atomic mass is 10.2. The number of nitro groups is 1. The van der Waals surface area contributed by atoms with Crippen molar-refractivity contribution in [3.63, 3.8) is 0 Å². The van der Waals surface area contributed by atoms with Gasteiger partial charge in [-0.1, -0.05) is 11.6 Å². The van der Waals surface area contributed by atoms with Gasteiger partial charge in [0.15, 0.2) is 5.11 Å². The Balaban J connectivity index is 1.37. The minimum absolute atomic E-state index is 0.0166. The van der Waals surface area contributed by atoms with Gasteiger partial charge in [-0.3, -0.25) is 14.9 Å². The molecule has 2 aliphatic heterocycles. The highest BCUT2D eigenvalue weighted by atomic mass is 35.5. The zero-order valence-corrected chi connectivity index (χ0v) is 18.5. The molecule has 1 aromatic heterocycles. The Hall–Kier alpha value is -2.01. The van der Waals surface area contributed by atoms with Crippen molar-refractivity contribution in [2.24, 2.45) is 0 Å². The van der Waals surface area contributed by atoms with Crippen LogP contribution in [0.2, 0.25) is 5.02 Å². The minimum Gasteiger partial charge on any atom is -0.376 e. The molecule has 1 unspecified atom stereocenters. The molecule has 1 N–H and O–H groups in total. The van der Waals surface area contributed by atoms with Gasteiger partial charge in [-0.25, -0.2) is 0 Å². The molecule has 1 aromatic carbocycles. The van der Waals surface area contributed by atoms with Crippen LogP contribution in [-0.4, -0.2) is 71.2 Å². The van der Waals surface area contributed by atoms with E-state index in [0.717, 1.165) is 19.4 Å². The van der Waals surface area contributed by atoms with Gasteiger partial charge >= 0.3 is 0 Å². The summed E-state index contributed by atoms with van der Waals surface area (Å²) in [7, 11) is 0. The summed E-state index contributed by atoms with van der Waals surface area (Å²) in [6, 6.07) is 4.45. The molecule has 1 atom stereocenters. The van der Waals surface area contributed by atoms with Crippen molar-refractivity contribution < 1.29 is 14.5 Å². The lowest BCUT2D eigenvalue weighted by Gasteiger charge is -2.36. The van der Waals surface area contributed by atoms with Gasteiger partial charge in [0.2, 0.25) is 0 Å². The van der Waals surface area contributed by atoms with Crippen LogP contribution >= 0.6 is 35.2 Å². The lowest BCUT2D eigenvalue weighted by Crippen LogP contribution is -2.53. The molecule has 30 heavy (non-hydrogen) atoms. The average Bonchev–Trinajstić information content (AvgIpc) is 3.39. The van der Waals surface area contributed by atoms with Gasteiger partial charge in [0.1, 0.15) is 4.88 Å². The number of amides is 1. The van der Waals surface area contributed by atoms with E-state index in [1.807, 2.05) is 0 Å². The summed E-state index contributed by atoms with van der Waals surface area (Å²) in [5, 5.41) is 16.0. The Morgan fingerprint density at radius 1 is 1.33 bits per heavy atom. The van der Waals surface area contributed by atoms with Gasteiger partial charge < -0.3 is 19.9 Å². The number of hydrogen-bond donors (Lipinski definition) is 1. The summed E-state index contributed by atoms with van der Waals surface area (Å²) in [6.07, 6.45) is 2.36. The summed E-state index contributed by atoms with van der Waals surface area (Å²) in [5.41, 5.74) is -0.0166. The number of thiophene rings is 1.